The highest BCUT2D eigenvalue weighted by molar-refractivity contribution is 7.92. The molecular formula is C37H39Cl2N3O5S. The van der Waals surface area contributed by atoms with Crippen molar-refractivity contribution >= 4 is 50.7 Å². The van der Waals surface area contributed by atoms with Gasteiger partial charge in [-0.2, -0.15) is 0 Å². The van der Waals surface area contributed by atoms with E-state index in [0.717, 1.165) is 35.6 Å². The van der Waals surface area contributed by atoms with Gasteiger partial charge in [0.2, 0.25) is 11.8 Å². The Hall–Kier alpha value is -4.05. The third-order valence-electron chi connectivity index (χ3n) is 8.43. The molecule has 1 aliphatic carbocycles. The molecule has 1 saturated carbocycles. The number of ether oxygens (including phenoxy) is 1. The second-order valence-corrected chi connectivity index (χ2v) is 14.6. The summed E-state index contributed by atoms with van der Waals surface area (Å²) in [5.41, 5.74) is 1.73. The fourth-order valence-corrected chi connectivity index (χ4v) is 7.67. The molecule has 0 aromatic heterocycles. The smallest absolute Gasteiger partial charge is 0.264 e. The van der Waals surface area contributed by atoms with Gasteiger partial charge in [-0.25, -0.2) is 8.42 Å². The predicted molar refractivity (Wildman–Crippen MR) is 190 cm³/mol. The number of sulfonamides is 1. The number of aryl methyl sites for hydroxylation is 1. The van der Waals surface area contributed by atoms with Crippen molar-refractivity contribution in [3.8, 4) is 11.5 Å². The first-order valence-corrected chi connectivity index (χ1v) is 18.2. The van der Waals surface area contributed by atoms with Gasteiger partial charge in [-0.3, -0.25) is 13.9 Å². The Bertz CT molecular complexity index is 1810. The third kappa shape index (κ3) is 8.69. The second kappa shape index (κ2) is 15.9. The molecule has 8 nitrogen and oxygen atoms in total. The molecule has 1 aliphatic rings. The summed E-state index contributed by atoms with van der Waals surface area (Å²) in [6.45, 7) is 3.11. The van der Waals surface area contributed by atoms with Crippen LogP contribution in [0.15, 0.2) is 102 Å². The van der Waals surface area contributed by atoms with Crippen LogP contribution in [0.2, 0.25) is 10.0 Å². The van der Waals surface area contributed by atoms with Crippen LogP contribution in [0.1, 0.15) is 50.2 Å². The van der Waals surface area contributed by atoms with Gasteiger partial charge in [-0.05, 0) is 92.4 Å². The summed E-state index contributed by atoms with van der Waals surface area (Å²) in [4.78, 5) is 29.6. The number of hydrogen-bond acceptors (Lipinski definition) is 5. The SMILES string of the molecule is CC[C@H](C(=O)NC1CCCC1)N(Cc1ccc(Cl)cc1Cl)C(=O)CN(c1ccc(Oc2ccccc2)cc1)S(=O)(=O)c1ccc(C)cc1. The summed E-state index contributed by atoms with van der Waals surface area (Å²) in [7, 11) is -4.23. The van der Waals surface area contributed by atoms with Crippen molar-refractivity contribution in [1.82, 2.24) is 10.2 Å². The predicted octanol–water partition coefficient (Wildman–Crippen LogP) is 8.16. The van der Waals surface area contributed by atoms with Crippen LogP contribution < -0.4 is 14.4 Å². The number of hydrogen-bond donors (Lipinski definition) is 1. The summed E-state index contributed by atoms with van der Waals surface area (Å²) >= 11 is 12.7. The van der Waals surface area contributed by atoms with Gasteiger partial charge in [-0.15, -0.1) is 0 Å². The number of anilines is 1. The number of carbonyl (C=O) groups excluding carboxylic acids is 2. The van der Waals surface area contributed by atoms with E-state index in [4.69, 9.17) is 27.9 Å². The average Bonchev–Trinajstić information content (AvgIpc) is 3.58. The van der Waals surface area contributed by atoms with Crippen LogP contribution in [-0.4, -0.2) is 43.8 Å². The number of nitrogens with one attached hydrogen (secondary N) is 1. The monoisotopic (exact) mass is 707 g/mol. The van der Waals surface area contributed by atoms with Crippen molar-refractivity contribution in [3.63, 3.8) is 0 Å². The molecule has 4 aromatic rings. The molecule has 4 aromatic carbocycles. The maximum Gasteiger partial charge on any atom is 0.264 e. The summed E-state index contributed by atoms with van der Waals surface area (Å²) in [5, 5.41) is 3.89. The molecule has 0 aliphatic heterocycles. The largest absolute Gasteiger partial charge is 0.457 e. The van der Waals surface area contributed by atoms with Crippen molar-refractivity contribution in [2.24, 2.45) is 0 Å². The van der Waals surface area contributed by atoms with Gasteiger partial charge >= 0.3 is 0 Å². The molecule has 11 heteroatoms. The van der Waals surface area contributed by atoms with E-state index < -0.39 is 28.5 Å². The average molecular weight is 709 g/mol. The molecule has 252 valence electrons. The topological polar surface area (TPSA) is 96.0 Å². The van der Waals surface area contributed by atoms with E-state index in [1.54, 1.807) is 54.6 Å². The lowest BCUT2D eigenvalue weighted by molar-refractivity contribution is -0.140. The fraction of sp³-hybridized carbons (Fsp3) is 0.297. The zero-order chi connectivity index (χ0) is 34.3. The first-order chi connectivity index (χ1) is 23.0. The maximum atomic E-state index is 14.4. The Balaban J connectivity index is 1.50. The second-order valence-electron chi connectivity index (χ2n) is 11.9. The third-order valence-corrected chi connectivity index (χ3v) is 10.8. The molecule has 48 heavy (non-hydrogen) atoms. The molecular weight excluding hydrogens is 669 g/mol. The molecule has 0 heterocycles. The molecule has 0 spiro atoms. The minimum absolute atomic E-state index is 0.0201. The Morgan fingerprint density at radius 1 is 0.896 bits per heavy atom. The van der Waals surface area contributed by atoms with E-state index in [-0.39, 0.29) is 29.1 Å². The molecule has 0 saturated heterocycles. The number of nitrogens with zero attached hydrogens (tertiary/aromatic N) is 2. The molecule has 1 N–H and O–H groups in total. The number of halogens is 2. The van der Waals surface area contributed by atoms with Crippen LogP contribution in [0.25, 0.3) is 0 Å². The first-order valence-electron chi connectivity index (χ1n) is 16.0. The zero-order valence-electron chi connectivity index (χ0n) is 26.9. The van der Waals surface area contributed by atoms with Gasteiger partial charge < -0.3 is 15.0 Å². The van der Waals surface area contributed by atoms with Gasteiger partial charge in [-0.1, -0.05) is 84.9 Å². The molecule has 1 fully saturated rings. The van der Waals surface area contributed by atoms with E-state index in [9.17, 15) is 18.0 Å². The van der Waals surface area contributed by atoms with Crippen molar-refractivity contribution in [2.75, 3.05) is 10.8 Å². The zero-order valence-corrected chi connectivity index (χ0v) is 29.3. The molecule has 0 bridgehead atoms. The molecule has 1 atom stereocenters. The maximum absolute atomic E-state index is 14.4. The number of rotatable bonds is 13. The number of amides is 2. The van der Waals surface area contributed by atoms with E-state index in [1.807, 2.05) is 44.2 Å². The highest BCUT2D eigenvalue weighted by atomic mass is 35.5. The van der Waals surface area contributed by atoms with Crippen LogP contribution in [0.4, 0.5) is 5.69 Å². The van der Waals surface area contributed by atoms with E-state index in [1.165, 1.54) is 17.0 Å². The van der Waals surface area contributed by atoms with Gasteiger partial charge in [0.25, 0.3) is 10.0 Å². The Kier molecular flexibility index (Phi) is 11.7. The Morgan fingerprint density at radius 3 is 2.17 bits per heavy atom. The standard InChI is InChI=1S/C37H39Cl2N3O5S/c1-3-35(37(44)40-29-9-7-8-10-29)41(24-27-15-16-28(38)23-34(27)39)36(43)25-42(48(45,46)33-21-13-26(2)14-22-33)30-17-19-32(20-18-30)47-31-11-5-4-6-12-31/h4-6,11-23,29,35H,3,7-10,24-25H2,1-2H3,(H,40,44)/t35-/m1/s1. The quantitative estimate of drug-likeness (QED) is 0.151. The van der Waals surface area contributed by atoms with E-state index in [0.29, 0.717) is 33.5 Å². The molecule has 5 rings (SSSR count). The summed E-state index contributed by atoms with van der Waals surface area (Å²) in [6, 6.07) is 26.3. The molecule has 2 amide bonds. The van der Waals surface area contributed by atoms with Crippen molar-refractivity contribution in [3.05, 3.63) is 118 Å². The minimum Gasteiger partial charge on any atom is -0.457 e. The highest BCUT2D eigenvalue weighted by Crippen LogP contribution is 2.30. The lowest BCUT2D eigenvalue weighted by atomic mass is 10.1. The van der Waals surface area contributed by atoms with E-state index >= 15 is 0 Å². The van der Waals surface area contributed by atoms with Crippen molar-refractivity contribution in [1.29, 1.82) is 0 Å². The molecule has 0 unspecified atom stereocenters. The van der Waals surface area contributed by atoms with Gasteiger partial charge in [0.15, 0.2) is 0 Å². The van der Waals surface area contributed by atoms with E-state index in [2.05, 4.69) is 5.32 Å². The Labute approximate surface area is 292 Å². The van der Waals surface area contributed by atoms with Crippen LogP contribution in [-0.2, 0) is 26.2 Å². The first kappa shape index (κ1) is 35.3. The Morgan fingerprint density at radius 2 is 1.54 bits per heavy atom. The lowest BCUT2D eigenvalue weighted by Crippen LogP contribution is -2.53. The fourth-order valence-electron chi connectivity index (χ4n) is 5.79. The van der Waals surface area contributed by atoms with Crippen LogP contribution in [0.5, 0.6) is 11.5 Å². The molecule has 0 radical (unpaired) electrons. The van der Waals surface area contributed by atoms with Crippen LogP contribution >= 0.6 is 23.2 Å². The van der Waals surface area contributed by atoms with Crippen molar-refractivity contribution in [2.45, 2.75) is 69.5 Å². The van der Waals surface area contributed by atoms with Gasteiger partial charge in [0.1, 0.15) is 24.1 Å². The number of para-hydroxylation sites is 1. The number of benzene rings is 4. The van der Waals surface area contributed by atoms with Crippen LogP contribution in [0, 0.1) is 6.92 Å². The van der Waals surface area contributed by atoms with Gasteiger partial charge in [0.05, 0.1) is 10.6 Å². The summed E-state index contributed by atoms with van der Waals surface area (Å²) in [6.07, 6.45) is 4.14. The van der Waals surface area contributed by atoms with Crippen LogP contribution in [0.3, 0.4) is 0 Å². The summed E-state index contributed by atoms with van der Waals surface area (Å²) in [5.74, 6) is 0.285. The highest BCUT2D eigenvalue weighted by Gasteiger charge is 2.35. The lowest BCUT2D eigenvalue weighted by Gasteiger charge is -2.34. The number of carbonyl (C=O) groups is 2. The van der Waals surface area contributed by atoms with Gasteiger partial charge in [0, 0.05) is 22.6 Å². The normalized spacial score (nSPS) is 13.9. The minimum atomic E-state index is -4.23. The van der Waals surface area contributed by atoms with Crippen molar-refractivity contribution < 1.29 is 22.7 Å². The summed E-state index contributed by atoms with van der Waals surface area (Å²) < 4.78 is 35.5.